The van der Waals surface area contributed by atoms with Crippen molar-refractivity contribution in [2.24, 2.45) is 0 Å². The van der Waals surface area contributed by atoms with E-state index in [0.717, 1.165) is 9.87 Å². The first kappa shape index (κ1) is 20.4. The summed E-state index contributed by atoms with van der Waals surface area (Å²) in [5.41, 5.74) is 1.91. The van der Waals surface area contributed by atoms with Crippen molar-refractivity contribution in [1.82, 2.24) is 4.31 Å². The average molecular weight is 399 g/mol. The van der Waals surface area contributed by atoms with Crippen molar-refractivity contribution in [2.45, 2.75) is 25.2 Å². The molecule has 1 amide bonds. The van der Waals surface area contributed by atoms with E-state index in [4.69, 9.17) is 11.6 Å². The summed E-state index contributed by atoms with van der Waals surface area (Å²) in [6.45, 7) is 3.53. The zero-order valence-electron chi connectivity index (χ0n) is 14.9. The van der Waals surface area contributed by atoms with E-state index in [1.165, 1.54) is 38.4 Å². The number of carbonyl (C=O) groups excluding carboxylic acids is 1. The lowest BCUT2D eigenvalue weighted by molar-refractivity contribution is -0.115. The molecule has 0 aliphatic heterocycles. The second-order valence-corrected chi connectivity index (χ2v) is 8.68. The van der Waals surface area contributed by atoms with Gasteiger partial charge in [-0.1, -0.05) is 17.7 Å². The van der Waals surface area contributed by atoms with Gasteiger partial charge in [-0.15, -0.1) is 0 Å². The molecule has 0 saturated carbocycles. The highest BCUT2D eigenvalue weighted by Crippen LogP contribution is 2.26. The van der Waals surface area contributed by atoms with Gasteiger partial charge < -0.3 is 5.32 Å². The molecular formula is C18H20ClFN2O3S. The molecule has 2 aromatic rings. The fourth-order valence-corrected chi connectivity index (χ4v) is 3.62. The van der Waals surface area contributed by atoms with Crippen molar-refractivity contribution in [3.8, 4) is 0 Å². The van der Waals surface area contributed by atoms with Gasteiger partial charge in [-0.2, -0.15) is 0 Å². The SMILES string of the molecule is Cc1cc(S(=O)(=O)N(C)C)cc(NC(=O)Cc2c(F)cccc2Cl)c1C. The summed E-state index contributed by atoms with van der Waals surface area (Å²) < 4.78 is 39.7. The standard InChI is InChI=1S/C18H20ClFN2O3S/c1-11-8-13(26(24,25)22(3)4)9-17(12(11)2)21-18(23)10-14-15(19)6-5-7-16(14)20/h5-9H,10H2,1-4H3,(H,21,23). The van der Waals surface area contributed by atoms with E-state index >= 15 is 0 Å². The molecule has 0 aliphatic rings. The molecule has 2 aromatic carbocycles. The minimum absolute atomic E-state index is 0.0739. The Balaban J connectivity index is 2.34. The summed E-state index contributed by atoms with van der Waals surface area (Å²) in [5, 5.41) is 2.82. The van der Waals surface area contributed by atoms with E-state index < -0.39 is 21.7 Å². The van der Waals surface area contributed by atoms with Crippen LogP contribution in [0.15, 0.2) is 35.2 Å². The second-order valence-electron chi connectivity index (χ2n) is 6.13. The van der Waals surface area contributed by atoms with Crippen molar-refractivity contribution in [1.29, 1.82) is 0 Å². The van der Waals surface area contributed by atoms with Crippen LogP contribution in [0.4, 0.5) is 10.1 Å². The Morgan fingerprint density at radius 1 is 1.23 bits per heavy atom. The van der Waals surface area contributed by atoms with Crippen LogP contribution in [-0.4, -0.2) is 32.7 Å². The fourth-order valence-electron chi connectivity index (χ4n) is 2.37. The number of hydrogen-bond donors (Lipinski definition) is 1. The summed E-state index contributed by atoms with van der Waals surface area (Å²) in [6.07, 6.45) is -0.255. The van der Waals surface area contributed by atoms with Gasteiger partial charge in [0.05, 0.1) is 11.3 Å². The maximum atomic E-state index is 13.9. The van der Waals surface area contributed by atoms with Crippen LogP contribution in [0.5, 0.6) is 0 Å². The molecule has 140 valence electrons. The number of rotatable bonds is 5. The van der Waals surface area contributed by atoms with Gasteiger partial charge in [-0.25, -0.2) is 17.1 Å². The molecule has 5 nitrogen and oxygen atoms in total. The zero-order valence-corrected chi connectivity index (χ0v) is 16.5. The lowest BCUT2D eigenvalue weighted by atomic mass is 10.1. The molecule has 0 fully saturated rings. The van der Waals surface area contributed by atoms with Crippen molar-refractivity contribution >= 4 is 33.2 Å². The molecule has 0 atom stereocenters. The summed E-state index contributed by atoms with van der Waals surface area (Å²) >= 11 is 5.95. The first-order chi connectivity index (χ1) is 12.0. The summed E-state index contributed by atoms with van der Waals surface area (Å²) in [4.78, 5) is 12.4. The molecule has 0 heterocycles. The molecule has 0 unspecified atom stereocenters. The predicted octanol–water partition coefficient (Wildman–Crippen LogP) is 3.53. The van der Waals surface area contributed by atoms with Crippen LogP contribution in [0.3, 0.4) is 0 Å². The fraction of sp³-hybridized carbons (Fsp3) is 0.278. The number of nitrogens with one attached hydrogen (secondary N) is 1. The number of halogens is 2. The van der Waals surface area contributed by atoms with Gasteiger partial charge in [0, 0.05) is 30.4 Å². The predicted molar refractivity (Wildman–Crippen MR) is 101 cm³/mol. The van der Waals surface area contributed by atoms with Crippen LogP contribution in [0.1, 0.15) is 16.7 Å². The molecule has 0 radical (unpaired) electrons. The molecule has 0 bridgehead atoms. The maximum Gasteiger partial charge on any atom is 0.242 e. The molecule has 0 spiro atoms. The lowest BCUT2D eigenvalue weighted by Crippen LogP contribution is -2.23. The highest BCUT2D eigenvalue weighted by atomic mass is 35.5. The molecular weight excluding hydrogens is 379 g/mol. The number of anilines is 1. The molecule has 0 saturated heterocycles. The van der Waals surface area contributed by atoms with Crippen LogP contribution in [-0.2, 0) is 21.2 Å². The van der Waals surface area contributed by atoms with Crippen LogP contribution in [0.25, 0.3) is 0 Å². The van der Waals surface area contributed by atoms with E-state index in [9.17, 15) is 17.6 Å². The summed E-state index contributed by atoms with van der Waals surface area (Å²) in [5.74, 6) is -1.05. The Morgan fingerprint density at radius 3 is 2.46 bits per heavy atom. The molecule has 1 N–H and O–H groups in total. The Bertz CT molecular complexity index is 939. The molecule has 0 aliphatic carbocycles. The molecule has 2 rings (SSSR count). The van der Waals surface area contributed by atoms with E-state index in [0.29, 0.717) is 11.3 Å². The van der Waals surface area contributed by atoms with Crippen LogP contribution in [0.2, 0.25) is 5.02 Å². The highest BCUT2D eigenvalue weighted by Gasteiger charge is 2.20. The number of benzene rings is 2. The van der Waals surface area contributed by atoms with Crippen molar-refractivity contribution < 1.29 is 17.6 Å². The van der Waals surface area contributed by atoms with Crippen LogP contribution >= 0.6 is 11.6 Å². The van der Waals surface area contributed by atoms with Gasteiger partial charge in [0.15, 0.2) is 0 Å². The van der Waals surface area contributed by atoms with Crippen molar-refractivity contribution in [3.05, 3.63) is 57.9 Å². The van der Waals surface area contributed by atoms with Crippen LogP contribution < -0.4 is 5.32 Å². The normalized spacial score (nSPS) is 11.7. The number of nitrogens with zero attached hydrogens (tertiary/aromatic N) is 1. The minimum atomic E-state index is -3.65. The van der Waals surface area contributed by atoms with Crippen LogP contribution in [0, 0.1) is 19.7 Å². The summed E-state index contributed by atoms with van der Waals surface area (Å²) in [7, 11) is -0.779. The smallest absolute Gasteiger partial charge is 0.242 e. The number of amides is 1. The third-order valence-corrected chi connectivity index (χ3v) is 6.24. The summed E-state index contributed by atoms with van der Waals surface area (Å²) in [6, 6.07) is 7.15. The Labute approximate surface area is 157 Å². The Hall–Kier alpha value is -1.96. The third-order valence-electron chi connectivity index (χ3n) is 4.09. The monoisotopic (exact) mass is 398 g/mol. The van der Waals surface area contributed by atoms with E-state index in [2.05, 4.69) is 5.32 Å². The highest BCUT2D eigenvalue weighted by molar-refractivity contribution is 7.89. The van der Waals surface area contributed by atoms with Gasteiger partial charge in [0.2, 0.25) is 15.9 Å². The Morgan fingerprint density at radius 2 is 1.88 bits per heavy atom. The third kappa shape index (κ3) is 4.23. The Kier molecular flexibility index (Phi) is 6.05. The maximum absolute atomic E-state index is 13.9. The number of sulfonamides is 1. The topological polar surface area (TPSA) is 66.5 Å². The van der Waals surface area contributed by atoms with Gasteiger partial charge in [-0.3, -0.25) is 4.79 Å². The average Bonchev–Trinajstić information content (AvgIpc) is 2.55. The van der Waals surface area contributed by atoms with Gasteiger partial charge in [0.25, 0.3) is 0 Å². The molecule has 0 aromatic heterocycles. The van der Waals surface area contributed by atoms with E-state index in [1.807, 2.05) is 0 Å². The number of carbonyl (C=O) groups is 1. The largest absolute Gasteiger partial charge is 0.326 e. The first-order valence-electron chi connectivity index (χ1n) is 7.80. The number of aryl methyl sites for hydroxylation is 1. The second kappa shape index (κ2) is 7.73. The van der Waals surface area contributed by atoms with E-state index in [1.54, 1.807) is 19.9 Å². The van der Waals surface area contributed by atoms with Gasteiger partial charge in [-0.05, 0) is 49.2 Å². The van der Waals surface area contributed by atoms with Crippen molar-refractivity contribution in [3.63, 3.8) is 0 Å². The number of hydrogen-bond acceptors (Lipinski definition) is 3. The molecule has 26 heavy (non-hydrogen) atoms. The first-order valence-corrected chi connectivity index (χ1v) is 9.62. The molecule has 8 heteroatoms. The quantitative estimate of drug-likeness (QED) is 0.837. The van der Waals surface area contributed by atoms with Gasteiger partial charge in [0.1, 0.15) is 5.82 Å². The lowest BCUT2D eigenvalue weighted by Gasteiger charge is -2.16. The van der Waals surface area contributed by atoms with E-state index in [-0.39, 0.29) is 21.9 Å². The van der Waals surface area contributed by atoms with Gasteiger partial charge >= 0.3 is 0 Å². The minimum Gasteiger partial charge on any atom is -0.326 e. The zero-order chi connectivity index (χ0) is 19.6. The van der Waals surface area contributed by atoms with Crippen molar-refractivity contribution in [2.75, 3.05) is 19.4 Å².